The Hall–Kier alpha value is -2.89. The fourth-order valence-corrected chi connectivity index (χ4v) is 2.20. The molecule has 3 N–H and O–H groups in total. The second-order valence-electron chi connectivity index (χ2n) is 4.50. The van der Waals surface area contributed by atoms with Crippen molar-refractivity contribution in [2.45, 2.75) is 6.92 Å². The zero-order chi connectivity index (χ0) is 14.3. The van der Waals surface area contributed by atoms with E-state index in [9.17, 15) is 9.59 Å². The molecule has 0 radical (unpaired) electrons. The molecule has 6 nitrogen and oxygen atoms in total. The Kier molecular flexibility index (Phi) is 2.64. The number of primary amides is 1. The molecule has 0 unspecified atom stereocenters. The van der Waals surface area contributed by atoms with Gasteiger partial charge in [0.25, 0.3) is 5.91 Å². The highest BCUT2D eigenvalue weighted by Gasteiger charge is 2.20. The highest BCUT2D eigenvalue weighted by molar-refractivity contribution is 5.98. The largest absolute Gasteiger partial charge is 0.364 e. The molecule has 0 fully saturated rings. The first-order valence-electron chi connectivity index (χ1n) is 6.05. The number of hydrogen-bond donors (Lipinski definition) is 2. The van der Waals surface area contributed by atoms with E-state index in [4.69, 9.17) is 5.73 Å². The van der Waals surface area contributed by atoms with Crippen molar-refractivity contribution in [1.82, 2.24) is 14.6 Å². The van der Waals surface area contributed by atoms with Crippen molar-refractivity contribution in [2.75, 3.05) is 0 Å². The molecule has 1 aromatic carbocycles. The van der Waals surface area contributed by atoms with Crippen molar-refractivity contribution in [3.05, 3.63) is 58.0 Å². The molecular weight excluding hydrogens is 256 g/mol. The van der Waals surface area contributed by atoms with E-state index in [0.29, 0.717) is 11.4 Å². The highest BCUT2D eigenvalue weighted by atomic mass is 16.1. The molecule has 0 spiro atoms. The standard InChI is InChI=1S/C14H12N4O2/c1-8-7-10(19)14-16-11(13(15)20)12(18(14)17-8)9-5-3-2-4-6-9/h2-7,17H,1H3,(H2,15,20). The van der Waals surface area contributed by atoms with Crippen molar-refractivity contribution in [2.24, 2.45) is 5.73 Å². The Morgan fingerprint density at radius 3 is 2.65 bits per heavy atom. The summed E-state index contributed by atoms with van der Waals surface area (Å²) in [7, 11) is 0. The minimum Gasteiger partial charge on any atom is -0.364 e. The number of aromatic nitrogens is 3. The third-order valence-corrected chi connectivity index (χ3v) is 3.01. The van der Waals surface area contributed by atoms with Gasteiger partial charge in [-0.05, 0) is 6.92 Å². The zero-order valence-corrected chi connectivity index (χ0v) is 10.8. The topological polar surface area (TPSA) is 93.2 Å². The lowest BCUT2D eigenvalue weighted by Gasteiger charge is -2.04. The number of benzene rings is 1. The molecule has 0 saturated heterocycles. The molecule has 3 rings (SSSR count). The van der Waals surface area contributed by atoms with Crippen molar-refractivity contribution in [3.63, 3.8) is 0 Å². The number of nitrogens with one attached hydrogen (secondary N) is 1. The molecule has 2 heterocycles. The number of nitrogens with two attached hydrogens (primary N) is 1. The van der Waals surface area contributed by atoms with Crippen LogP contribution in [0.4, 0.5) is 0 Å². The number of carbonyl (C=O) groups excluding carboxylic acids is 1. The summed E-state index contributed by atoms with van der Waals surface area (Å²) in [5.74, 6) is -0.669. The maximum atomic E-state index is 12.0. The highest BCUT2D eigenvalue weighted by Crippen LogP contribution is 2.23. The lowest BCUT2D eigenvalue weighted by atomic mass is 10.1. The van der Waals surface area contributed by atoms with Crippen LogP contribution in [0.25, 0.3) is 16.9 Å². The molecule has 3 aromatic rings. The summed E-state index contributed by atoms with van der Waals surface area (Å²) in [4.78, 5) is 27.6. The molecule has 0 bridgehead atoms. The van der Waals surface area contributed by atoms with E-state index in [1.807, 2.05) is 30.3 Å². The van der Waals surface area contributed by atoms with E-state index in [0.717, 1.165) is 5.56 Å². The van der Waals surface area contributed by atoms with Gasteiger partial charge in [0.05, 0.1) is 0 Å². The summed E-state index contributed by atoms with van der Waals surface area (Å²) in [5.41, 5.74) is 7.28. The number of hydrogen-bond acceptors (Lipinski definition) is 3. The first-order valence-corrected chi connectivity index (χ1v) is 6.05. The molecule has 100 valence electrons. The molecule has 6 heteroatoms. The smallest absolute Gasteiger partial charge is 0.269 e. The third kappa shape index (κ3) is 1.78. The van der Waals surface area contributed by atoms with Gasteiger partial charge in [-0.2, -0.15) is 0 Å². The Morgan fingerprint density at radius 1 is 1.30 bits per heavy atom. The van der Waals surface area contributed by atoms with Gasteiger partial charge in [0.2, 0.25) is 11.1 Å². The van der Waals surface area contributed by atoms with Crippen LogP contribution in [0.3, 0.4) is 0 Å². The van der Waals surface area contributed by atoms with E-state index in [2.05, 4.69) is 10.1 Å². The molecule has 0 aliphatic carbocycles. The number of H-pyrrole nitrogens is 1. The lowest BCUT2D eigenvalue weighted by molar-refractivity contribution is 0.0997. The van der Waals surface area contributed by atoms with Crippen LogP contribution in [-0.2, 0) is 0 Å². The van der Waals surface area contributed by atoms with E-state index < -0.39 is 5.91 Å². The summed E-state index contributed by atoms with van der Waals surface area (Å²) in [6.07, 6.45) is 0. The average Bonchev–Trinajstić information content (AvgIpc) is 2.79. The van der Waals surface area contributed by atoms with Crippen LogP contribution in [0.15, 0.2) is 41.2 Å². The molecule has 0 atom stereocenters. The van der Waals surface area contributed by atoms with Crippen LogP contribution >= 0.6 is 0 Å². The fraction of sp³-hybridized carbons (Fsp3) is 0.0714. The summed E-state index contributed by atoms with van der Waals surface area (Å²) in [6, 6.07) is 10.6. The van der Waals surface area contributed by atoms with Crippen LogP contribution in [0.5, 0.6) is 0 Å². The fourth-order valence-electron chi connectivity index (χ4n) is 2.20. The Labute approximate surface area is 113 Å². The predicted molar refractivity (Wildman–Crippen MR) is 74.5 cm³/mol. The summed E-state index contributed by atoms with van der Waals surface area (Å²) < 4.78 is 1.51. The van der Waals surface area contributed by atoms with Crippen molar-refractivity contribution in [3.8, 4) is 11.3 Å². The van der Waals surface area contributed by atoms with E-state index in [1.54, 1.807) is 6.92 Å². The normalized spacial score (nSPS) is 10.8. The number of fused-ring (bicyclic) bond motifs is 1. The van der Waals surface area contributed by atoms with Crippen LogP contribution < -0.4 is 11.2 Å². The Bertz CT molecular complexity index is 862. The number of rotatable bonds is 2. The summed E-state index contributed by atoms with van der Waals surface area (Å²) in [5, 5.41) is 3.02. The van der Waals surface area contributed by atoms with Crippen molar-refractivity contribution >= 4 is 11.6 Å². The number of aryl methyl sites for hydroxylation is 1. The molecule has 20 heavy (non-hydrogen) atoms. The number of nitrogens with zero attached hydrogens (tertiary/aromatic N) is 2. The minimum atomic E-state index is -0.669. The summed E-state index contributed by atoms with van der Waals surface area (Å²) in [6.45, 7) is 1.76. The van der Waals surface area contributed by atoms with Gasteiger partial charge in [-0.25, -0.2) is 9.50 Å². The zero-order valence-electron chi connectivity index (χ0n) is 10.8. The molecule has 0 aliphatic rings. The van der Waals surface area contributed by atoms with Crippen molar-refractivity contribution < 1.29 is 4.79 Å². The quantitative estimate of drug-likeness (QED) is 0.728. The Morgan fingerprint density at radius 2 is 2.00 bits per heavy atom. The number of carbonyl (C=O) groups is 1. The van der Waals surface area contributed by atoms with Crippen molar-refractivity contribution in [1.29, 1.82) is 0 Å². The Balaban J connectivity index is 2.47. The number of aromatic amines is 1. The number of imidazole rings is 1. The molecule has 0 aliphatic heterocycles. The molecule has 1 amide bonds. The molecular formula is C14H12N4O2. The molecule has 2 aromatic heterocycles. The minimum absolute atomic E-state index is 0.0788. The number of amides is 1. The van der Waals surface area contributed by atoms with Gasteiger partial charge in [-0.3, -0.25) is 14.7 Å². The van der Waals surface area contributed by atoms with Gasteiger partial charge >= 0.3 is 0 Å². The predicted octanol–water partition coefficient (Wildman–Crippen LogP) is 1.10. The van der Waals surface area contributed by atoms with Gasteiger partial charge in [0, 0.05) is 17.3 Å². The van der Waals surface area contributed by atoms with Crippen LogP contribution in [-0.4, -0.2) is 20.5 Å². The van der Waals surface area contributed by atoms with Crippen LogP contribution in [0.1, 0.15) is 16.2 Å². The first-order chi connectivity index (χ1) is 9.58. The monoisotopic (exact) mass is 268 g/mol. The van der Waals surface area contributed by atoms with Crippen LogP contribution in [0.2, 0.25) is 0 Å². The van der Waals surface area contributed by atoms with Gasteiger partial charge in [-0.15, -0.1) is 0 Å². The van der Waals surface area contributed by atoms with Gasteiger partial charge < -0.3 is 5.73 Å². The average molecular weight is 268 g/mol. The van der Waals surface area contributed by atoms with E-state index in [1.165, 1.54) is 10.6 Å². The van der Waals surface area contributed by atoms with E-state index >= 15 is 0 Å². The maximum absolute atomic E-state index is 12.0. The van der Waals surface area contributed by atoms with E-state index in [-0.39, 0.29) is 16.8 Å². The third-order valence-electron chi connectivity index (χ3n) is 3.01. The van der Waals surface area contributed by atoms with Gasteiger partial charge in [-0.1, -0.05) is 30.3 Å². The summed E-state index contributed by atoms with van der Waals surface area (Å²) >= 11 is 0. The maximum Gasteiger partial charge on any atom is 0.269 e. The van der Waals surface area contributed by atoms with Gasteiger partial charge in [0.15, 0.2) is 5.69 Å². The first kappa shape index (κ1) is 12.2. The lowest BCUT2D eigenvalue weighted by Crippen LogP contribution is -2.13. The van der Waals surface area contributed by atoms with Crippen LogP contribution in [0, 0.1) is 6.92 Å². The molecule has 0 saturated carbocycles. The second-order valence-corrected chi connectivity index (χ2v) is 4.50. The second kappa shape index (κ2) is 4.34. The SMILES string of the molecule is Cc1cc(=O)c2nc(C(N)=O)c(-c3ccccc3)n2[nH]1. The van der Waals surface area contributed by atoms with Gasteiger partial charge in [0.1, 0.15) is 5.69 Å².